The average Bonchev–Trinajstić information content (AvgIpc) is 3.08. The average molecular weight is 341 g/mol. The molecule has 130 valence electrons. The summed E-state index contributed by atoms with van der Waals surface area (Å²) in [4.78, 5) is 23.3. The second kappa shape index (κ2) is 5.93. The van der Waals surface area contributed by atoms with Gasteiger partial charge < -0.3 is 15.2 Å². The SMILES string of the molecule is CC(C)C(=O)OC[C@@]1(F)O[C@@H](n2cnc3c(N)ncnc32)C[C@@H]1F. The van der Waals surface area contributed by atoms with Crippen molar-refractivity contribution in [2.45, 2.75) is 38.5 Å². The highest BCUT2D eigenvalue weighted by Gasteiger charge is 2.52. The van der Waals surface area contributed by atoms with Crippen molar-refractivity contribution in [2.75, 3.05) is 12.3 Å². The number of hydrogen-bond acceptors (Lipinski definition) is 7. The van der Waals surface area contributed by atoms with Gasteiger partial charge in [0.25, 0.3) is 5.85 Å². The number of carbonyl (C=O) groups is 1. The number of rotatable bonds is 4. The lowest BCUT2D eigenvalue weighted by molar-refractivity contribution is -0.208. The highest BCUT2D eigenvalue weighted by molar-refractivity contribution is 5.81. The minimum absolute atomic E-state index is 0.158. The molecule has 10 heteroatoms. The maximum atomic E-state index is 14.7. The molecule has 0 spiro atoms. The number of alkyl halides is 2. The first-order valence-electron chi connectivity index (χ1n) is 7.42. The molecule has 1 saturated heterocycles. The second-order valence-electron chi connectivity index (χ2n) is 5.91. The lowest BCUT2D eigenvalue weighted by Gasteiger charge is -2.22. The maximum Gasteiger partial charge on any atom is 0.308 e. The van der Waals surface area contributed by atoms with Crippen LogP contribution in [0, 0.1) is 5.92 Å². The molecule has 1 aliphatic heterocycles. The van der Waals surface area contributed by atoms with E-state index < -0.39 is 36.7 Å². The molecular formula is C14H17F2N5O3. The predicted octanol–water partition coefficient (Wildman–Crippen LogP) is 1.53. The highest BCUT2D eigenvalue weighted by atomic mass is 19.2. The zero-order valence-electron chi connectivity index (χ0n) is 13.1. The van der Waals surface area contributed by atoms with Crippen molar-refractivity contribution in [2.24, 2.45) is 5.92 Å². The predicted molar refractivity (Wildman–Crippen MR) is 79.0 cm³/mol. The van der Waals surface area contributed by atoms with Gasteiger partial charge in [-0.2, -0.15) is 0 Å². The van der Waals surface area contributed by atoms with E-state index in [2.05, 4.69) is 15.0 Å². The second-order valence-corrected chi connectivity index (χ2v) is 5.91. The number of carbonyl (C=O) groups excluding carboxylic acids is 1. The third-order valence-corrected chi connectivity index (χ3v) is 3.79. The first kappa shape index (κ1) is 16.5. The van der Waals surface area contributed by atoms with Crippen LogP contribution < -0.4 is 5.73 Å². The summed E-state index contributed by atoms with van der Waals surface area (Å²) in [5.41, 5.74) is 6.31. The van der Waals surface area contributed by atoms with Crippen molar-refractivity contribution < 1.29 is 23.0 Å². The number of nitrogen functional groups attached to an aromatic ring is 1. The van der Waals surface area contributed by atoms with E-state index in [1.165, 1.54) is 17.2 Å². The summed E-state index contributed by atoms with van der Waals surface area (Å²) >= 11 is 0. The molecule has 8 nitrogen and oxygen atoms in total. The molecule has 0 radical (unpaired) electrons. The third kappa shape index (κ3) is 2.77. The molecule has 0 unspecified atom stereocenters. The molecule has 0 saturated carbocycles. The summed E-state index contributed by atoms with van der Waals surface area (Å²) in [6.45, 7) is 2.38. The van der Waals surface area contributed by atoms with Crippen molar-refractivity contribution in [1.82, 2.24) is 19.5 Å². The molecule has 0 amide bonds. The van der Waals surface area contributed by atoms with E-state index in [1.54, 1.807) is 13.8 Å². The molecule has 0 aliphatic carbocycles. The Morgan fingerprint density at radius 2 is 2.29 bits per heavy atom. The van der Waals surface area contributed by atoms with Crippen LogP contribution in [0.2, 0.25) is 0 Å². The summed E-state index contributed by atoms with van der Waals surface area (Å²) in [6, 6.07) is 0. The summed E-state index contributed by atoms with van der Waals surface area (Å²) in [7, 11) is 0. The van der Waals surface area contributed by atoms with Gasteiger partial charge in [-0.1, -0.05) is 13.8 Å². The maximum absolute atomic E-state index is 14.7. The quantitative estimate of drug-likeness (QED) is 0.841. The van der Waals surface area contributed by atoms with Gasteiger partial charge in [-0.3, -0.25) is 9.36 Å². The van der Waals surface area contributed by atoms with Gasteiger partial charge in [0.05, 0.1) is 12.2 Å². The van der Waals surface area contributed by atoms with Crippen LogP contribution in [0.3, 0.4) is 0 Å². The summed E-state index contributed by atoms with van der Waals surface area (Å²) in [6.07, 6.45) is -0.657. The topological polar surface area (TPSA) is 105 Å². The number of nitrogens with two attached hydrogens (primary N) is 1. The van der Waals surface area contributed by atoms with Gasteiger partial charge in [0.15, 0.2) is 24.2 Å². The van der Waals surface area contributed by atoms with Gasteiger partial charge in [-0.15, -0.1) is 0 Å². The van der Waals surface area contributed by atoms with Gasteiger partial charge in [0.2, 0.25) is 0 Å². The molecule has 2 aromatic heterocycles. The molecule has 3 atom stereocenters. The van der Waals surface area contributed by atoms with E-state index >= 15 is 0 Å². The molecule has 1 fully saturated rings. The number of fused-ring (bicyclic) bond motifs is 1. The third-order valence-electron chi connectivity index (χ3n) is 3.79. The molecule has 3 rings (SSSR count). The van der Waals surface area contributed by atoms with E-state index in [0.717, 1.165) is 0 Å². The zero-order valence-corrected chi connectivity index (χ0v) is 13.1. The highest BCUT2D eigenvalue weighted by Crippen LogP contribution is 2.41. The van der Waals surface area contributed by atoms with Crippen molar-refractivity contribution in [3.63, 3.8) is 0 Å². The molecule has 3 heterocycles. The minimum Gasteiger partial charge on any atom is -0.459 e. The summed E-state index contributed by atoms with van der Waals surface area (Å²) in [5.74, 6) is -3.63. The molecule has 2 aromatic rings. The van der Waals surface area contributed by atoms with E-state index in [1.807, 2.05) is 0 Å². The van der Waals surface area contributed by atoms with Crippen LogP contribution in [0.15, 0.2) is 12.7 Å². The lowest BCUT2D eigenvalue weighted by Crippen LogP contribution is -2.38. The Morgan fingerprint density at radius 3 is 3.00 bits per heavy atom. The number of nitrogens with zero attached hydrogens (tertiary/aromatic N) is 4. The zero-order chi connectivity index (χ0) is 17.5. The fraction of sp³-hybridized carbons (Fsp3) is 0.571. The summed E-state index contributed by atoms with van der Waals surface area (Å²) in [5, 5.41) is 0. The molecule has 2 N–H and O–H groups in total. The number of aromatic nitrogens is 4. The number of esters is 1. The van der Waals surface area contributed by atoms with Gasteiger partial charge >= 0.3 is 5.97 Å². The van der Waals surface area contributed by atoms with Crippen molar-refractivity contribution in [3.05, 3.63) is 12.7 Å². The number of halogens is 2. The molecule has 1 aliphatic rings. The van der Waals surface area contributed by atoms with Gasteiger partial charge in [0.1, 0.15) is 18.1 Å². The van der Waals surface area contributed by atoms with Crippen LogP contribution in [-0.2, 0) is 14.3 Å². The van der Waals surface area contributed by atoms with Crippen molar-refractivity contribution in [1.29, 1.82) is 0 Å². The number of imidazole rings is 1. The van der Waals surface area contributed by atoms with Crippen LogP contribution in [0.5, 0.6) is 0 Å². The van der Waals surface area contributed by atoms with Crippen LogP contribution >= 0.6 is 0 Å². The van der Waals surface area contributed by atoms with Crippen LogP contribution in [0.1, 0.15) is 26.5 Å². The number of ether oxygens (including phenoxy) is 2. The Kier molecular flexibility index (Phi) is 4.08. The normalized spacial score (nSPS) is 27.0. The first-order chi connectivity index (χ1) is 11.3. The largest absolute Gasteiger partial charge is 0.459 e. The fourth-order valence-electron chi connectivity index (χ4n) is 2.41. The Labute approximate surface area is 136 Å². The summed E-state index contributed by atoms with van der Waals surface area (Å²) < 4.78 is 40.2. The Hall–Kier alpha value is -2.36. The van der Waals surface area contributed by atoms with E-state index in [4.69, 9.17) is 15.2 Å². The van der Waals surface area contributed by atoms with Gasteiger partial charge in [0, 0.05) is 6.42 Å². The van der Waals surface area contributed by atoms with E-state index in [9.17, 15) is 13.6 Å². The van der Waals surface area contributed by atoms with Crippen LogP contribution in [0.25, 0.3) is 11.2 Å². The molecule has 24 heavy (non-hydrogen) atoms. The molecule has 0 bridgehead atoms. The standard InChI is InChI=1S/C14H17F2N5O3/c1-7(2)13(22)23-4-14(16)8(15)3-9(24-14)21-6-20-10-11(17)18-5-19-12(10)21/h5-9H,3-4H2,1-2H3,(H2,17,18,19)/t8-,9+,14+/m0/s1. The van der Waals surface area contributed by atoms with Crippen LogP contribution in [0.4, 0.5) is 14.6 Å². The number of anilines is 1. The van der Waals surface area contributed by atoms with Gasteiger partial charge in [-0.05, 0) is 0 Å². The monoisotopic (exact) mass is 341 g/mol. The van der Waals surface area contributed by atoms with E-state index in [0.29, 0.717) is 11.2 Å². The fourth-order valence-corrected chi connectivity index (χ4v) is 2.41. The Morgan fingerprint density at radius 1 is 1.54 bits per heavy atom. The Bertz CT molecular complexity index is 768. The van der Waals surface area contributed by atoms with Crippen molar-refractivity contribution >= 4 is 23.0 Å². The van der Waals surface area contributed by atoms with Gasteiger partial charge in [-0.25, -0.2) is 23.7 Å². The molecular weight excluding hydrogens is 324 g/mol. The lowest BCUT2D eigenvalue weighted by atomic mass is 10.2. The first-order valence-corrected chi connectivity index (χ1v) is 7.42. The van der Waals surface area contributed by atoms with Crippen molar-refractivity contribution in [3.8, 4) is 0 Å². The smallest absolute Gasteiger partial charge is 0.308 e. The Balaban J connectivity index is 1.79. The minimum atomic E-state index is -2.72. The number of hydrogen-bond donors (Lipinski definition) is 1. The van der Waals surface area contributed by atoms with E-state index in [-0.39, 0.29) is 12.2 Å². The molecule has 0 aromatic carbocycles. The van der Waals surface area contributed by atoms with Crippen LogP contribution in [-0.4, -0.2) is 44.1 Å².